The minimum atomic E-state index is -0.377. The lowest BCUT2D eigenvalue weighted by molar-refractivity contribution is -0.926. The Morgan fingerprint density at radius 1 is 0.564 bits per heavy atom. The summed E-state index contributed by atoms with van der Waals surface area (Å²) in [4.78, 5) is 27.7. The highest BCUT2D eigenvalue weighted by Crippen LogP contribution is 2.45. The Labute approximate surface area is 329 Å². The normalized spacial score (nSPS) is 13.8. The molecule has 1 aliphatic carbocycles. The number of carbonyl (C=O) groups excluding carboxylic acids is 2. The first kappa shape index (κ1) is 40.2. The molecule has 0 spiro atoms. The third-order valence-corrected chi connectivity index (χ3v) is 12.4. The van der Waals surface area contributed by atoms with Gasteiger partial charge in [0, 0.05) is 6.42 Å². The smallest absolute Gasteiger partial charge is 0.339 e. The van der Waals surface area contributed by atoms with Crippen LogP contribution in [0.3, 0.4) is 0 Å². The molecule has 0 amide bonds. The van der Waals surface area contributed by atoms with Gasteiger partial charge in [0.05, 0.1) is 44.8 Å². The van der Waals surface area contributed by atoms with Gasteiger partial charge in [0.25, 0.3) is 0 Å². The van der Waals surface area contributed by atoms with Crippen LogP contribution < -0.4 is 0 Å². The second-order valence-electron chi connectivity index (χ2n) is 15.7. The van der Waals surface area contributed by atoms with E-state index < -0.39 is 0 Å². The minimum Gasteiger partial charge on any atom is -0.459 e. The van der Waals surface area contributed by atoms with Crippen molar-refractivity contribution in [3.63, 3.8) is 0 Å². The Balaban J connectivity index is 1.15. The molecule has 0 fully saturated rings. The van der Waals surface area contributed by atoms with Crippen LogP contribution in [-0.2, 0) is 20.7 Å². The van der Waals surface area contributed by atoms with Crippen LogP contribution in [0.1, 0.15) is 93.3 Å². The van der Waals surface area contributed by atoms with E-state index in [4.69, 9.17) is 9.47 Å². The third kappa shape index (κ3) is 8.66. The predicted molar refractivity (Wildman–Crippen MR) is 226 cm³/mol. The Morgan fingerprint density at radius 3 is 1.73 bits per heavy atom. The van der Waals surface area contributed by atoms with E-state index in [0.29, 0.717) is 18.8 Å². The van der Waals surface area contributed by atoms with Crippen molar-refractivity contribution in [2.45, 2.75) is 72.6 Å². The molecule has 0 aliphatic heterocycles. The summed E-state index contributed by atoms with van der Waals surface area (Å²) in [7, 11) is 0. The minimum absolute atomic E-state index is 0.161. The quantitative estimate of drug-likeness (QED) is 0.0453. The number of likely N-dealkylation sites (N-methyl/N-ethyl adjacent to an activating group) is 2. The molecule has 5 aromatic carbocycles. The fourth-order valence-corrected chi connectivity index (χ4v) is 9.47. The molecule has 6 nitrogen and oxygen atoms in total. The predicted octanol–water partition coefficient (Wildman–Crippen LogP) is 10.3. The fraction of sp³-hybridized carbons (Fsp3) is 0.429. The molecular formula is C49H62N2O4+2. The molecule has 0 radical (unpaired) electrons. The second-order valence-corrected chi connectivity index (χ2v) is 15.7. The first-order valence-electron chi connectivity index (χ1n) is 21.0. The first-order valence-corrected chi connectivity index (χ1v) is 21.0. The van der Waals surface area contributed by atoms with E-state index in [2.05, 4.69) is 89.2 Å². The van der Waals surface area contributed by atoms with Crippen LogP contribution in [0.2, 0.25) is 0 Å². The van der Waals surface area contributed by atoms with Crippen LogP contribution in [0.5, 0.6) is 0 Å². The lowest BCUT2D eigenvalue weighted by Gasteiger charge is -2.38. The molecule has 55 heavy (non-hydrogen) atoms. The summed E-state index contributed by atoms with van der Waals surface area (Å²) in [5, 5.41) is 4.09. The molecular weight excluding hydrogens is 681 g/mol. The number of rotatable bonds is 20. The van der Waals surface area contributed by atoms with Crippen molar-refractivity contribution in [3.05, 3.63) is 119 Å². The van der Waals surface area contributed by atoms with E-state index in [1.165, 1.54) is 5.56 Å². The monoisotopic (exact) mass is 742 g/mol. The SMILES string of the molecule is CCC[N+](CC)(CCC)CCOC(=O)c1c2ccccc2cc2c(CCC[N+](CC)(CCC)CCOC(=O)C3c4ccccc4-c4ccccc43)cccc12. The average molecular weight is 743 g/mol. The van der Waals surface area contributed by atoms with Gasteiger partial charge in [0.15, 0.2) is 0 Å². The molecule has 1 aliphatic rings. The third-order valence-electron chi connectivity index (χ3n) is 12.4. The molecule has 1 unspecified atom stereocenters. The maximum absolute atomic E-state index is 14.0. The van der Waals surface area contributed by atoms with Crippen LogP contribution in [0, 0.1) is 0 Å². The largest absolute Gasteiger partial charge is 0.459 e. The van der Waals surface area contributed by atoms with Gasteiger partial charge in [-0.05, 0) is 95.0 Å². The number of aryl methyl sites for hydroxylation is 1. The van der Waals surface area contributed by atoms with Gasteiger partial charge in [-0.1, -0.05) is 112 Å². The summed E-state index contributed by atoms with van der Waals surface area (Å²) in [5.41, 5.74) is 6.25. The summed E-state index contributed by atoms with van der Waals surface area (Å²) in [6, 6.07) is 33.3. The van der Waals surface area contributed by atoms with Crippen LogP contribution in [-0.4, -0.2) is 86.5 Å². The number of nitrogens with zero attached hydrogens (tertiary/aromatic N) is 2. The van der Waals surface area contributed by atoms with Gasteiger partial charge < -0.3 is 18.4 Å². The van der Waals surface area contributed by atoms with Crippen molar-refractivity contribution in [2.75, 3.05) is 65.6 Å². The Kier molecular flexibility index (Phi) is 13.4. The summed E-state index contributed by atoms with van der Waals surface area (Å²) < 4.78 is 14.1. The van der Waals surface area contributed by atoms with Crippen molar-refractivity contribution < 1.29 is 28.0 Å². The van der Waals surface area contributed by atoms with Gasteiger partial charge >= 0.3 is 11.9 Å². The number of quaternary nitrogens is 2. The van der Waals surface area contributed by atoms with Crippen molar-refractivity contribution in [1.82, 2.24) is 0 Å². The van der Waals surface area contributed by atoms with E-state index in [0.717, 1.165) is 137 Å². The van der Waals surface area contributed by atoms with Crippen molar-refractivity contribution in [2.24, 2.45) is 0 Å². The zero-order chi connectivity index (χ0) is 38.8. The van der Waals surface area contributed by atoms with Gasteiger partial charge in [-0.2, -0.15) is 0 Å². The highest BCUT2D eigenvalue weighted by Gasteiger charge is 2.35. The summed E-state index contributed by atoms with van der Waals surface area (Å²) >= 11 is 0. The number of benzene rings is 5. The van der Waals surface area contributed by atoms with Crippen LogP contribution >= 0.6 is 0 Å². The summed E-state index contributed by atoms with van der Waals surface area (Å²) in [6.07, 6.45) is 5.19. The topological polar surface area (TPSA) is 52.6 Å². The zero-order valence-electron chi connectivity index (χ0n) is 33.9. The van der Waals surface area contributed by atoms with Gasteiger partial charge in [0.2, 0.25) is 0 Å². The Morgan fingerprint density at radius 2 is 1.11 bits per heavy atom. The van der Waals surface area contributed by atoms with Crippen LogP contribution in [0.25, 0.3) is 32.7 Å². The van der Waals surface area contributed by atoms with E-state index in [1.54, 1.807) is 0 Å². The van der Waals surface area contributed by atoms with Crippen LogP contribution in [0.15, 0.2) is 97.1 Å². The van der Waals surface area contributed by atoms with Crippen molar-refractivity contribution >= 4 is 33.5 Å². The lowest BCUT2D eigenvalue weighted by atomic mass is 9.92. The van der Waals surface area contributed by atoms with E-state index in [9.17, 15) is 9.59 Å². The van der Waals surface area contributed by atoms with Crippen LogP contribution in [0.4, 0.5) is 0 Å². The highest BCUT2D eigenvalue weighted by molar-refractivity contribution is 6.17. The number of hydrogen-bond acceptors (Lipinski definition) is 4. The first-order chi connectivity index (χ1) is 26.8. The lowest BCUT2D eigenvalue weighted by Crippen LogP contribution is -2.51. The number of fused-ring (bicyclic) bond motifs is 5. The standard InChI is InChI=1S/C49H62N2O4/c1-6-28-50(9-4,29-7-2)32-34-54-48(52)46-39-22-12-11-19-38(39)36-45-37(20-17-27-44(45)46)21-18-31-51(10-5,30-8-3)33-35-55-49(53)47-42-25-15-13-23-40(42)41-24-14-16-26-43(41)47/h11-17,19-20,22-27,36,47H,6-10,18,21,28-35H2,1-5H3/q+2. The molecule has 0 bridgehead atoms. The zero-order valence-corrected chi connectivity index (χ0v) is 33.9. The maximum Gasteiger partial charge on any atom is 0.339 e. The van der Waals surface area contributed by atoms with Crippen molar-refractivity contribution in [3.8, 4) is 11.1 Å². The maximum atomic E-state index is 14.0. The van der Waals surface area contributed by atoms with E-state index in [1.807, 2.05) is 42.5 Å². The van der Waals surface area contributed by atoms with Crippen molar-refractivity contribution in [1.29, 1.82) is 0 Å². The Bertz CT molecular complexity index is 2040. The molecule has 0 aromatic heterocycles. The van der Waals surface area contributed by atoms with Gasteiger partial charge in [-0.15, -0.1) is 0 Å². The summed E-state index contributed by atoms with van der Waals surface area (Å²) in [6.45, 7) is 19.9. The number of hydrogen-bond donors (Lipinski definition) is 0. The molecule has 0 saturated heterocycles. The number of ether oxygens (including phenoxy) is 2. The van der Waals surface area contributed by atoms with Gasteiger partial charge in [-0.3, -0.25) is 4.79 Å². The molecule has 0 N–H and O–H groups in total. The molecule has 6 heteroatoms. The molecule has 0 heterocycles. The molecule has 6 rings (SSSR count). The fourth-order valence-electron chi connectivity index (χ4n) is 9.47. The molecule has 1 atom stereocenters. The molecule has 290 valence electrons. The van der Waals surface area contributed by atoms with E-state index >= 15 is 0 Å². The molecule has 5 aromatic rings. The highest BCUT2D eigenvalue weighted by atomic mass is 16.5. The second kappa shape index (κ2) is 18.4. The number of esters is 2. The van der Waals surface area contributed by atoms with Gasteiger partial charge in [-0.25, -0.2) is 4.79 Å². The number of carbonyl (C=O) groups is 2. The Hall–Kier alpha value is -4.52. The van der Waals surface area contributed by atoms with Gasteiger partial charge in [0.1, 0.15) is 32.2 Å². The average Bonchev–Trinajstić information content (AvgIpc) is 3.54. The summed E-state index contributed by atoms with van der Waals surface area (Å²) in [5.74, 6) is -0.770. The van der Waals surface area contributed by atoms with E-state index in [-0.39, 0.29) is 17.9 Å². The molecule has 0 saturated carbocycles.